The lowest BCUT2D eigenvalue weighted by Crippen LogP contribution is -2.29. The lowest BCUT2D eigenvalue weighted by atomic mass is 10.0. The molecule has 2 N–H and O–H groups in total. The van der Waals surface area contributed by atoms with Crippen molar-refractivity contribution in [2.75, 3.05) is 10.2 Å². The molecule has 0 bridgehead atoms. The van der Waals surface area contributed by atoms with Gasteiger partial charge in [-0.25, -0.2) is 0 Å². The van der Waals surface area contributed by atoms with Crippen LogP contribution in [0, 0.1) is 12.8 Å². The molecule has 3 heterocycles. The van der Waals surface area contributed by atoms with Crippen LogP contribution in [-0.4, -0.2) is 16.0 Å². The van der Waals surface area contributed by atoms with Gasteiger partial charge in [0.2, 0.25) is 5.91 Å². The van der Waals surface area contributed by atoms with Gasteiger partial charge in [-0.1, -0.05) is 43.3 Å². The van der Waals surface area contributed by atoms with E-state index in [0.29, 0.717) is 10.1 Å². The van der Waals surface area contributed by atoms with Crippen LogP contribution in [0.4, 0.5) is 11.4 Å². The molecule has 194 valence electrons. The number of pyridine rings is 1. The number of anilines is 2. The van der Waals surface area contributed by atoms with E-state index in [0.717, 1.165) is 38.4 Å². The summed E-state index contributed by atoms with van der Waals surface area (Å²) in [6, 6.07) is 22.9. The van der Waals surface area contributed by atoms with Gasteiger partial charge in [-0.2, -0.15) is 0 Å². The molecule has 1 aliphatic heterocycles. The number of furan rings is 1. The van der Waals surface area contributed by atoms with Gasteiger partial charge in [-0.05, 0) is 91.4 Å². The first-order valence-electron chi connectivity index (χ1n) is 12.3. The molecule has 6 nitrogen and oxygen atoms in total. The van der Waals surface area contributed by atoms with Gasteiger partial charge in [0, 0.05) is 33.4 Å². The molecule has 9 heteroatoms. The van der Waals surface area contributed by atoms with E-state index in [-0.39, 0.29) is 23.9 Å². The number of carbonyl (C=O) groups excluding carboxylic acids is 1. The Bertz CT molecular complexity index is 1460. The second kappa shape index (κ2) is 11.2. The molecule has 0 saturated carbocycles. The zero-order chi connectivity index (χ0) is 26.8. The predicted molar refractivity (Wildman–Crippen MR) is 157 cm³/mol. The van der Waals surface area contributed by atoms with Gasteiger partial charge < -0.3 is 20.0 Å². The third kappa shape index (κ3) is 5.57. The number of carbonyl (C=O) groups is 1. The second-order valence-electron chi connectivity index (χ2n) is 9.35. The van der Waals surface area contributed by atoms with Crippen LogP contribution >= 0.6 is 35.6 Å². The van der Waals surface area contributed by atoms with E-state index in [2.05, 4.69) is 20.5 Å². The van der Waals surface area contributed by atoms with Gasteiger partial charge in [-0.3, -0.25) is 9.78 Å². The highest BCUT2D eigenvalue weighted by Crippen LogP contribution is 2.44. The zero-order valence-corrected chi connectivity index (χ0v) is 23.5. The Labute approximate surface area is 236 Å². The molecule has 1 aliphatic rings. The average Bonchev–Trinajstić information content (AvgIpc) is 3.51. The fraction of sp³-hybridized carbons (Fsp3) is 0.207. The van der Waals surface area contributed by atoms with Gasteiger partial charge >= 0.3 is 0 Å². The number of nitrogens with zero attached hydrogens (tertiary/aromatic N) is 2. The molecule has 1 amide bonds. The third-order valence-electron chi connectivity index (χ3n) is 6.29. The van der Waals surface area contributed by atoms with E-state index in [1.807, 2.05) is 93.6 Å². The van der Waals surface area contributed by atoms with Crippen LogP contribution in [0.3, 0.4) is 0 Å². The second-order valence-corrected chi connectivity index (χ2v) is 11.3. The molecule has 0 radical (unpaired) electrons. The number of hydrogen-bond acceptors (Lipinski definition) is 5. The van der Waals surface area contributed by atoms with Crippen molar-refractivity contribution in [3.8, 4) is 0 Å². The maximum atomic E-state index is 12.3. The number of benzene rings is 2. The Kier molecular flexibility index (Phi) is 7.74. The largest absolute Gasteiger partial charge is 0.452 e. The SMILES string of the molecule is Cc1cc(N2C(=S)N[C@H](c3ccccn3)[C@H]2c2ccc(Sc3ccc(Cl)cc3)o2)ccc1NC(=O)C(C)C. The number of hydrogen-bond donors (Lipinski definition) is 2. The molecule has 38 heavy (non-hydrogen) atoms. The molecule has 2 aromatic heterocycles. The van der Waals surface area contributed by atoms with Crippen molar-refractivity contribution in [3.05, 3.63) is 101 Å². The molecule has 4 aromatic rings. The Balaban J connectivity index is 1.49. The fourth-order valence-corrected chi connectivity index (χ4v) is 5.55. The molecule has 1 fully saturated rings. The Morgan fingerprint density at radius 2 is 1.92 bits per heavy atom. The highest BCUT2D eigenvalue weighted by molar-refractivity contribution is 7.99. The maximum Gasteiger partial charge on any atom is 0.226 e. The molecular formula is C29H27ClN4O2S2. The third-order valence-corrected chi connectivity index (χ3v) is 7.79. The summed E-state index contributed by atoms with van der Waals surface area (Å²) in [7, 11) is 0. The van der Waals surface area contributed by atoms with E-state index >= 15 is 0 Å². The van der Waals surface area contributed by atoms with E-state index in [4.69, 9.17) is 28.2 Å². The molecule has 0 aliphatic carbocycles. The van der Waals surface area contributed by atoms with E-state index in [1.54, 1.807) is 6.20 Å². The number of halogens is 1. The zero-order valence-electron chi connectivity index (χ0n) is 21.1. The lowest BCUT2D eigenvalue weighted by Gasteiger charge is -2.27. The molecular weight excluding hydrogens is 536 g/mol. The van der Waals surface area contributed by atoms with Gasteiger partial charge in [-0.15, -0.1) is 0 Å². The van der Waals surface area contributed by atoms with Crippen molar-refractivity contribution < 1.29 is 9.21 Å². The molecule has 5 rings (SSSR count). The number of rotatable bonds is 7. The molecule has 2 aromatic carbocycles. The quantitative estimate of drug-likeness (QED) is 0.225. The summed E-state index contributed by atoms with van der Waals surface area (Å²) in [5.41, 5.74) is 3.48. The van der Waals surface area contributed by atoms with Crippen molar-refractivity contribution >= 4 is 58.0 Å². The summed E-state index contributed by atoms with van der Waals surface area (Å²) < 4.78 is 6.39. The smallest absolute Gasteiger partial charge is 0.226 e. The predicted octanol–water partition coefficient (Wildman–Crippen LogP) is 7.56. The number of amides is 1. The van der Waals surface area contributed by atoms with Gasteiger partial charge in [0.25, 0.3) is 0 Å². The minimum absolute atomic E-state index is 0.0198. The van der Waals surface area contributed by atoms with Gasteiger partial charge in [0.05, 0.1) is 11.7 Å². The first kappa shape index (κ1) is 26.3. The summed E-state index contributed by atoms with van der Waals surface area (Å²) in [4.78, 5) is 20.0. The van der Waals surface area contributed by atoms with Crippen LogP contribution in [0.5, 0.6) is 0 Å². The summed E-state index contributed by atoms with van der Waals surface area (Å²) in [5.74, 6) is 0.639. The van der Waals surface area contributed by atoms with E-state index in [9.17, 15) is 4.79 Å². The Morgan fingerprint density at radius 1 is 1.13 bits per heavy atom. The lowest BCUT2D eigenvalue weighted by molar-refractivity contribution is -0.118. The summed E-state index contributed by atoms with van der Waals surface area (Å²) in [6.07, 6.45) is 1.78. The first-order chi connectivity index (χ1) is 18.3. The monoisotopic (exact) mass is 562 g/mol. The Hall–Kier alpha value is -3.33. The number of aryl methyl sites for hydroxylation is 1. The number of thiocarbonyl (C=S) groups is 1. The van der Waals surface area contributed by atoms with Crippen LogP contribution < -0.4 is 15.5 Å². The summed E-state index contributed by atoms with van der Waals surface area (Å²) in [5, 5.41) is 8.49. The van der Waals surface area contributed by atoms with Gasteiger partial charge in [0.15, 0.2) is 10.2 Å². The van der Waals surface area contributed by atoms with Gasteiger partial charge in [0.1, 0.15) is 11.8 Å². The summed E-state index contributed by atoms with van der Waals surface area (Å²) in [6.45, 7) is 5.72. The van der Waals surface area contributed by atoms with Crippen molar-refractivity contribution in [2.45, 2.75) is 42.8 Å². The minimum Gasteiger partial charge on any atom is -0.452 e. The summed E-state index contributed by atoms with van der Waals surface area (Å²) >= 11 is 13.4. The highest BCUT2D eigenvalue weighted by atomic mass is 35.5. The molecule has 2 atom stereocenters. The van der Waals surface area contributed by atoms with Crippen LogP contribution in [0.15, 0.2) is 93.4 Å². The first-order valence-corrected chi connectivity index (χ1v) is 13.9. The van der Waals surface area contributed by atoms with E-state index in [1.165, 1.54) is 11.8 Å². The van der Waals surface area contributed by atoms with E-state index < -0.39 is 0 Å². The number of nitrogens with one attached hydrogen (secondary N) is 2. The molecule has 0 unspecified atom stereocenters. The van der Waals surface area contributed by atoms with Crippen molar-refractivity contribution in [2.24, 2.45) is 5.92 Å². The van der Waals surface area contributed by atoms with Crippen molar-refractivity contribution in [1.82, 2.24) is 10.3 Å². The van der Waals surface area contributed by atoms with Crippen LogP contribution in [0.25, 0.3) is 0 Å². The maximum absolute atomic E-state index is 12.3. The topological polar surface area (TPSA) is 70.4 Å². The van der Waals surface area contributed by atoms with Crippen LogP contribution in [0.2, 0.25) is 5.02 Å². The molecule has 0 spiro atoms. The highest BCUT2D eigenvalue weighted by Gasteiger charge is 2.42. The normalized spacial score (nSPS) is 17.1. The molecule has 1 saturated heterocycles. The van der Waals surface area contributed by atoms with Crippen LogP contribution in [-0.2, 0) is 4.79 Å². The van der Waals surface area contributed by atoms with Crippen molar-refractivity contribution in [1.29, 1.82) is 0 Å². The minimum atomic E-state index is -0.271. The average molecular weight is 563 g/mol. The van der Waals surface area contributed by atoms with Crippen molar-refractivity contribution in [3.63, 3.8) is 0 Å². The number of aromatic nitrogens is 1. The standard InChI is InChI=1S/C29H27ClN4O2S2/c1-17(2)28(35)32-22-12-9-20(16-18(22)3)34-27(26(33-29(34)37)23-6-4-5-15-31-23)24-13-14-25(36-24)38-21-10-7-19(30)8-11-21/h4-17,26-27H,1-3H3,(H,32,35)(H,33,37)/t26-,27-/m1/s1. The fourth-order valence-electron chi connectivity index (χ4n) is 4.30. The van der Waals surface area contributed by atoms with Crippen LogP contribution in [0.1, 0.15) is 42.9 Å². The Morgan fingerprint density at radius 3 is 2.61 bits per heavy atom.